The van der Waals surface area contributed by atoms with Crippen molar-refractivity contribution in [1.82, 2.24) is 0 Å². The van der Waals surface area contributed by atoms with Crippen LogP contribution in [0.1, 0.15) is 0 Å². The highest BCUT2D eigenvalue weighted by Gasteiger charge is 2.22. The van der Waals surface area contributed by atoms with E-state index in [1.807, 2.05) is 0 Å². The largest absolute Gasteiger partial charge is 0.394 e. The summed E-state index contributed by atoms with van der Waals surface area (Å²) < 4.78 is 14.4. The minimum atomic E-state index is -1.49. The van der Waals surface area contributed by atoms with Gasteiger partial charge in [-0.05, 0) is 4.53 Å². The van der Waals surface area contributed by atoms with E-state index in [0.29, 0.717) is 13.2 Å². The molecule has 0 aliphatic rings. The van der Waals surface area contributed by atoms with Gasteiger partial charge in [0.05, 0.1) is 60.0 Å². The molecule has 3 atom stereocenters. The van der Waals surface area contributed by atoms with Crippen LogP contribution in [0.5, 0.6) is 0 Å². The van der Waals surface area contributed by atoms with Crippen molar-refractivity contribution < 1.29 is 60.2 Å². The summed E-state index contributed by atoms with van der Waals surface area (Å²) in [4.78, 5) is 2.75. The summed E-state index contributed by atoms with van der Waals surface area (Å²) in [5.74, 6) is 0. The van der Waals surface area contributed by atoms with Crippen molar-refractivity contribution in [1.29, 1.82) is 0 Å². The standard InChI is InChI=1S/C5H12O5.C4H10O3.C2H6O2.CH3FO/c6-1-3(8)5(10)4(9)2-7;5-1-3-7-4-2-6;3-1-2-4;1-3-2/h3-10H,1-2H2;5-6H,1-4H2;3-4H,1-2H2;1H3/t3-,4+,5+;;;. The average Bonchev–Trinajstić information content (AvgIpc) is 2.61. The Morgan fingerprint density at radius 3 is 1.17 bits per heavy atom. The molecule has 9 N–H and O–H groups in total. The van der Waals surface area contributed by atoms with Crippen LogP contribution in [-0.4, -0.2) is 124 Å². The molecule has 0 aromatic heterocycles. The molecule has 12 heteroatoms. The SMILES string of the molecule is COF.OCCO.OCCOCCO.OC[C@@H](O)[C@H](O)[C@@H](O)CO. The van der Waals surface area contributed by atoms with E-state index in [-0.39, 0.29) is 26.4 Å². The van der Waals surface area contributed by atoms with Crippen LogP contribution >= 0.6 is 0 Å². The zero-order chi connectivity index (χ0) is 19.8. The second-order valence-electron chi connectivity index (χ2n) is 3.65. The predicted octanol–water partition coefficient (Wildman–Crippen LogP) is -4.47. The first-order chi connectivity index (χ1) is 11.4. The quantitative estimate of drug-likeness (QED) is 0.177. The van der Waals surface area contributed by atoms with Gasteiger partial charge in [0.2, 0.25) is 0 Å². The summed E-state index contributed by atoms with van der Waals surface area (Å²) in [6, 6.07) is 0. The molecule has 0 aromatic rings. The highest BCUT2D eigenvalue weighted by molar-refractivity contribution is 4.73. The Kier molecular flexibility index (Phi) is 39.6. The van der Waals surface area contributed by atoms with Crippen molar-refractivity contribution in [2.45, 2.75) is 18.3 Å². The molecule has 0 spiro atoms. The molecule has 0 radical (unpaired) electrons. The van der Waals surface area contributed by atoms with Gasteiger partial charge in [-0.2, -0.15) is 4.94 Å². The molecular weight excluding hydrogens is 339 g/mol. The summed E-state index contributed by atoms with van der Waals surface area (Å²) in [7, 11) is 0.958. The summed E-state index contributed by atoms with van der Waals surface area (Å²) >= 11 is 0. The van der Waals surface area contributed by atoms with E-state index in [1.54, 1.807) is 0 Å². The molecule has 0 aliphatic carbocycles. The molecule has 0 aliphatic heterocycles. The van der Waals surface area contributed by atoms with E-state index in [0.717, 1.165) is 7.11 Å². The Hall–Kier alpha value is -0.510. The van der Waals surface area contributed by atoms with Crippen LogP contribution in [0.2, 0.25) is 0 Å². The normalized spacial score (nSPS) is 13.1. The third kappa shape index (κ3) is 33.2. The van der Waals surface area contributed by atoms with Crippen molar-refractivity contribution in [2.75, 3.05) is 60.0 Å². The Bertz CT molecular complexity index is 174. The summed E-state index contributed by atoms with van der Waals surface area (Å²) in [6.07, 6.45) is -4.29. The number of hydrogen-bond donors (Lipinski definition) is 9. The lowest BCUT2D eigenvalue weighted by atomic mass is 10.1. The molecule has 152 valence electrons. The van der Waals surface area contributed by atoms with Crippen LogP contribution in [0.15, 0.2) is 0 Å². The molecule has 0 fully saturated rings. The van der Waals surface area contributed by atoms with Gasteiger partial charge in [-0.15, -0.1) is 0 Å². The van der Waals surface area contributed by atoms with E-state index >= 15 is 0 Å². The van der Waals surface area contributed by atoms with Gasteiger partial charge in [-0.1, -0.05) is 0 Å². The summed E-state index contributed by atoms with van der Waals surface area (Å²) in [6.45, 7) is -0.836. The Labute approximate surface area is 139 Å². The highest BCUT2D eigenvalue weighted by atomic mass is 19.3. The number of halogens is 1. The number of rotatable bonds is 9. The summed E-state index contributed by atoms with van der Waals surface area (Å²) in [5, 5.41) is 74.0. The Morgan fingerprint density at radius 2 is 1.00 bits per heavy atom. The lowest BCUT2D eigenvalue weighted by Crippen LogP contribution is -2.41. The molecule has 0 bridgehead atoms. The van der Waals surface area contributed by atoms with E-state index in [9.17, 15) is 4.53 Å². The zero-order valence-electron chi connectivity index (χ0n) is 13.6. The first-order valence-corrected chi connectivity index (χ1v) is 6.80. The highest BCUT2D eigenvalue weighted by Crippen LogP contribution is 1.98. The maximum atomic E-state index is 9.79. The summed E-state index contributed by atoms with van der Waals surface area (Å²) in [5.41, 5.74) is 0. The third-order valence-corrected chi connectivity index (χ3v) is 1.73. The van der Waals surface area contributed by atoms with Crippen molar-refractivity contribution in [3.8, 4) is 0 Å². The topological polar surface area (TPSA) is 201 Å². The predicted molar refractivity (Wildman–Crippen MR) is 79.5 cm³/mol. The molecule has 0 heterocycles. The third-order valence-electron chi connectivity index (χ3n) is 1.73. The fourth-order valence-electron chi connectivity index (χ4n) is 0.704. The molecule has 24 heavy (non-hydrogen) atoms. The van der Waals surface area contributed by atoms with E-state index in [4.69, 9.17) is 46.0 Å². The lowest BCUT2D eigenvalue weighted by molar-refractivity contribution is -0.0960. The zero-order valence-corrected chi connectivity index (χ0v) is 13.6. The van der Waals surface area contributed by atoms with Gasteiger partial charge >= 0.3 is 0 Å². The first-order valence-electron chi connectivity index (χ1n) is 6.80. The Morgan fingerprint density at radius 1 is 0.708 bits per heavy atom. The number of aliphatic hydroxyl groups excluding tert-OH is 9. The van der Waals surface area contributed by atoms with Crippen LogP contribution in [0.25, 0.3) is 0 Å². The number of ether oxygens (including phenoxy) is 1. The van der Waals surface area contributed by atoms with Gasteiger partial charge in [0.15, 0.2) is 0 Å². The average molecular weight is 370 g/mol. The number of hydrogen-bond acceptors (Lipinski definition) is 11. The fraction of sp³-hybridized carbons (Fsp3) is 1.00. The van der Waals surface area contributed by atoms with E-state index < -0.39 is 31.5 Å². The molecule has 0 saturated carbocycles. The van der Waals surface area contributed by atoms with Gasteiger partial charge in [-0.3, -0.25) is 0 Å². The van der Waals surface area contributed by atoms with E-state index in [2.05, 4.69) is 9.68 Å². The second-order valence-corrected chi connectivity index (χ2v) is 3.65. The van der Waals surface area contributed by atoms with Crippen molar-refractivity contribution in [3.63, 3.8) is 0 Å². The van der Waals surface area contributed by atoms with Crippen molar-refractivity contribution in [3.05, 3.63) is 0 Å². The monoisotopic (exact) mass is 370 g/mol. The minimum absolute atomic E-state index is 0.0278. The van der Waals surface area contributed by atoms with Crippen molar-refractivity contribution in [2.24, 2.45) is 0 Å². The molecule has 0 aromatic carbocycles. The molecule has 0 unspecified atom stereocenters. The smallest absolute Gasteiger partial charge is 0.110 e. The second kappa shape index (κ2) is 30.4. The van der Waals surface area contributed by atoms with Gasteiger partial charge in [0, 0.05) is 0 Å². The van der Waals surface area contributed by atoms with Gasteiger partial charge in [0.1, 0.15) is 18.3 Å². The molecule has 0 amide bonds. The minimum Gasteiger partial charge on any atom is -0.394 e. The maximum absolute atomic E-state index is 9.79. The lowest BCUT2D eigenvalue weighted by Gasteiger charge is -2.19. The fourth-order valence-corrected chi connectivity index (χ4v) is 0.704. The Balaban J connectivity index is -0.000000124. The molecule has 0 rings (SSSR count). The molecule has 0 saturated heterocycles. The van der Waals surface area contributed by atoms with Gasteiger partial charge in [-0.25, -0.2) is 0 Å². The van der Waals surface area contributed by atoms with E-state index in [1.165, 1.54) is 0 Å². The number of aliphatic hydroxyl groups is 9. The molecular formula is C12H31FO11. The van der Waals surface area contributed by atoms with Crippen LogP contribution in [0.4, 0.5) is 4.53 Å². The van der Waals surface area contributed by atoms with Crippen LogP contribution < -0.4 is 0 Å². The molecule has 11 nitrogen and oxygen atoms in total. The van der Waals surface area contributed by atoms with Crippen LogP contribution in [-0.2, 0) is 9.68 Å². The first kappa shape index (κ1) is 31.3. The maximum Gasteiger partial charge on any atom is 0.110 e. The van der Waals surface area contributed by atoms with Gasteiger partial charge in [0.25, 0.3) is 0 Å². The van der Waals surface area contributed by atoms with Crippen LogP contribution in [0, 0.1) is 0 Å². The van der Waals surface area contributed by atoms with Gasteiger partial charge < -0.3 is 50.7 Å². The van der Waals surface area contributed by atoms with Crippen LogP contribution in [0.3, 0.4) is 0 Å². The van der Waals surface area contributed by atoms with Crippen molar-refractivity contribution >= 4 is 0 Å².